The molecule has 1 fully saturated rings. The molecular formula is C25H35NO. The molecule has 1 aliphatic rings. The van der Waals surface area contributed by atoms with Crippen LogP contribution in [0.5, 0.6) is 11.5 Å². The predicted octanol–water partition coefficient (Wildman–Crippen LogP) is 7.70. The molecule has 1 saturated carbocycles. The van der Waals surface area contributed by atoms with E-state index in [9.17, 15) is 0 Å². The molecule has 2 aromatic rings. The van der Waals surface area contributed by atoms with Gasteiger partial charge in [-0.05, 0) is 79.5 Å². The zero-order valence-electron chi connectivity index (χ0n) is 16.8. The molecule has 0 bridgehead atoms. The lowest BCUT2D eigenvalue weighted by Crippen LogP contribution is -2.13. The van der Waals surface area contributed by atoms with Gasteiger partial charge in [0.05, 0.1) is 0 Å². The average molecular weight is 366 g/mol. The summed E-state index contributed by atoms with van der Waals surface area (Å²) < 4.78 is 5.91. The molecule has 0 spiro atoms. The van der Waals surface area contributed by atoms with E-state index in [1.54, 1.807) is 0 Å². The second-order valence-electron chi connectivity index (χ2n) is 8.16. The number of nitrogen functional groups attached to an aromatic ring is 1. The zero-order valence-corrected chi connectivity index (χ0v) is 16.8. The van der Waals surface area contributed by atoms with Crippen LogP contribution < -0.4 is 10.5 Å². The van der Waals surface area contributed by atoms with E-state index < -0.39 is 0 Å². The summed E-state index contributed by atoms with van der Waals surface area (Å²) in [5.41, 5.74) is 7.95. The number of hydrogen-bond acceptors (Lipinski definition) is 2. The maximum Gasteiger partial charge on any atom is 0.127 e. The fraction of sp³-hybridized carbons (Fsp3) is 0.520. The van der Waals surface area contributed by atoms with Gasteiger partial charge in [-0.3, -0.25) is 0 Å². The highest BCUT2D eigenvalue weighted by molar-refractivity contribution is 5.43. The third-order valence-electron chi connectivity index (χ3n) is 6.03. The molecular weight excluding hydrogens is 330 g/mol. The Labute approximate surface area is 165 Å². The molecule has 0 radical (unpaired) electrons. The van der Waals surface area contributed by atoms with Crippen LogP contribution in [0.2, 0.25) is 0 Å². The Morgan fingerprint density at radius 3 is 2.00 bits per heavy atom. The fourth-order valence-corrected chi connectivity index (χ4v) is 4.30. The van der Waals surface area contributed by atoms with Crippen molar-refractivity contribution in [2.24, 2.45) is 5.92 Å². The molecule has 0 aromatic heterocycles. The number of hydrogen-bond donors (Lipinski definition) is 1. The van der Waals surface area contributed by atoms with Crippen LogP contribution in [0.25, 0.3) is 0 Å². The minimum atomic E-state index is 0.729. The Balaban J connectivity index is 1.42. The number of nitrogens with two attached hydrogens (primary N) is 1. The number of ether oxygens (including phenoxy) is 1. The second kappa shape index (κ2) is 10.4. The number of benzene rings is 2. The van der Waals surface area contributed by atoms with E-state index >= 15 is 0 Å². The molecule has 27 heavy (non-hydrogen) atoms. The summed E-state index contributed by atoms with van der Waals surface area (Å²) in [4.78, 5) is 0. The molecule has 0 saturated heterocycles. The van der Waals surface area contributed by atoms with Gasteiger partial charge >= 0.3 is 0 Å². The van der Waals surface area contributed by atoms with Gasteiger partial charge in [0.25, 0.3) is 0 Å². The minimum Gasteiger partial charge on any atom is -0.457 e. The SMILES string of the molecule is CCCCCCCC1CCC(c2ccc(Oc3ccc(N)cc3)cc2)CC1. The largest absolute Gasteiger partial charge is 0.457 e. The van der Waals surface area contributed by atoms with Crippen LogP contribution in [0.15, 0.2) is 48.5 Å². The van der Waals surface area contributed by atoms with E-state index in [2.05, 4.69) is 31.2 Å². The van der Waals surface area contributed by atoms with Gasteiger partial charge in [0.1, 0.15) is 11.5 Å². The first-order valence-corrected chi connectivity index (χ1v) is 10.9. The van der Waals surface area contributed by atoms with Crippen LogP contribution >= 0.6 is 0 Å². The third-order valence-corrected chi connectivity index (χ3v) is 6.03. The van der Waals surface area contributed by atoms with Crippen molar-refractivity contribution in [1.82, 2.24) is 0 Å². The lowest BCUT2D eigenvalue weighted by atomic mass is 9.77. The smallest absolute Gasteiger partial charge is 0.127 e. The van der Waals surface area contributed by atoms with Gasteiger partial charge in [-0.2, -0.15) is 0 Å². The number of anilines is 1. The third kappa shape index (κ3) is 6.30. The first-order chi connectivity index (χ1) is 13.2. The van der Waals surface area contributed by atoms with Crippen molar-refractivity contribution in [2.45, 2.75) is 77.0 Å². The molecule has 3 rings (SSSR count). The minimum absolute atomic E-state index is 0.729. The van der Waals surface area contributed by atoms with Crippen LogP contribution in [0.1, 0.15) is 82.6 Å². The molecule has 0 atom stereocenters. The molecule has 0 aliphatic heterocycles. The molecule has 0 unspecified atom stereocenters. The van der Waals surface area contributed by atoms with Crippen molar-refractivity contribution in [3.8, 4) is 11.5 Å². The van der Waals surface area contributed by atoms with Gasteiger partial charge in [-0.25, -0.2) is 0 Å². The maximum atomic E-state index is 5.91. The number of rotatable bonds is 9. The molecule has 1 aliphatic carbocycles. The standard InChI is InChI=1S/C25H35NO/c1-2-3-4-5-6-7-20-8-10-21(11-9-20)22-12-16-24(17-13-22)27-25-18-14-23(26)15-19-25/h12-21H,2-11,26H2,1H3. The molecule has 2 N–H and O–H groups in total. The second-order valence-corrected chi connectivity index (χ2v) is 8.16. The van der Waals surface area contributed by atoms with Crippen LogP contribution in [0.3, 0.4) is 0 Å². The van der Waals surface area contributed by atoms with Crippen molar-refractivity contribution in [3.63, 3.8) is 0 Å². The van der Waals surface area contributed by atoms with Crippen molar-refractivity contribution < 1.29 is 4.74 Å². The predicted molar refractivity (Wildman–Crippen MR) is 115 cm³/mol. The Morgan fingerprint density at radius 1 is 0.778 bits per heavy atom. The molecule has 2 aromatic carbocycles. The monoisotopic (exact) mass is 365 g/mol. The Bertz CT molecular complexity index is 654. The summed E-state index contributed by atoms with van der Waals surface area (Å²) in [5, 5.41) is 0. The molecule has 146 valence electrons. The van der Waals surface area contributed by atoms with Crippen LogP contribution in [0, 0.1) is 5.92 Å². The van der Waals surface area contributed by atoms with Gasteiger partial charge in [-0.15, -0.1) is 0 Å². The van der Waals surface area contributed by atoms with Gasteiger partial charge in [0.15, 0.2) is 0 Å². The Hall–Kier alpha value is -1.96. The first-order valence-electron chi connectivity index (χ1n) is 10.9. The number of unbranched alkanes of at least 4 members (excludes halogenated alkanes) is 4. The van der Waals surface area contributed by atoms with Crippen LogP contribution in [-0.2, 0) is 0 Å². The molecule has 2 nitrogen and oxygen atoms in total. The van der Waals surface area contributed by atoms with Gasteiger partial charge < -0.3 is 10.5 Å². The van der Waals surface area contributed by atoms with E-state index in [1.807, 2.05) is 24.3 Å². The summed E-state index contributed by atoms with van der Waals surface area (Å²) in [7, 11) is 0. The van der Waals surface area contributed by atoms with Crippen LogP contribution in [0.4, 0.5) is 5.69 Å². The fourth-order valence-electron chi connectivity index (χ4n) is 4.30. The topological polar surface area (TPSA) is 35.2 Å². The molecule has 0 heterocycles. The van der Waals surface area contributed by atoms with Crippen molar-refractivity contribution in [3.05, 3.63) is 54.1 Å². The highest BCUT2D eigenvalue weighted by Gasteiger charge is 2.22. The van der Waals surface area contributed by atoms with E-state index in [4.69, 9.17) is 10.5 Å². The van der Waals surface area contributed by atoms with E-state index in [0.717, 1.165) is 29.0 Å². The molecule has 0 amide bonds. The van der Waals surface area contributed by atoms with E-state index in [1.165, 1.54) is 69.8 Å². The normalized spacial score (nSPS) is 19.7. The van der Waals surface area contributed by atoms with Gasteiger partial charge in [0.2, 0.25) is 0 Å². The van der Waals surface area contributed by atoms with Crippen LogP contribution in [-0.4, -0.2) is 0 Å². The summed E-state index contributed by atoms with van der Waals surface area (Å²) in [6.45, 7) is 2.29. The van der Waals surface area contributed by atoms with Crippen molar-refractivity contribution >= 4 is 5.69 Å². The van der Waals surface area contributed by atoms with Gasteiger partial charge in [-0.1, -0.05) is 57.6 Å². The lowest BCUT2D eigenvalue weighted by Gasteiger charge is -2.29. The van der Waals surface area contributed by atoms with Gasteiger partial charge in [0, 0.05) is 5.69 Å². The average Bonchev–Trinajstić information content (AvgIpc) is 2.71. The highest BCUT2D eigenvalue weighted by atomic mass is 16.5. The first kappa shape index (κ1) is 19.8. The summed E-state index contributed by atoms with van der Waals surface area (Å²) in [5.74, 6) is 3.42. The summed E-state index contributed by atoms with van der Waals surface area (Å²) in [6, 6.07) is 16.3. The highest BCUT2D eigenvalue weighted by Crippen LogP contribution is 2.38. The van der Waals surface area contributed by atoms with E-state index in [0.29, 0.717) is 0 Å². The Kier molecular flexibility index (Phi) is 7.62. The summed E-state index contributed by atoms with van der Waals surface area (Å²) >= 11 is 0. The zero-order chi connectivity index (χ0) is 18.9. The quantitative estimate of drug-likeness (QED) is 0.365. The van der Waals surface area contributed by atoms with E-state index in [-0.39, 0.29) is 0 Å². The molecule has 2 heteroatoms. The van der Waals surface area contributed by atoms with Crippen molar-refractivity contribution in [1.29, 1.82) is 0 Å². The summed E-state index contributed by atoms with van der Waals surface area (Å²) in [6.07, 6.45) is 14.0. The lowest BCUT2D eigenvalue weighted by molar-refractivity contribution is 0.302. The maximum absolute atomic E-state index is 5.91. The van der Waals surface area contributed by atoms with Crippen molar-refractivity contribution in [2.75, 3.05) is 5.73 Å². The Morgan fingerprint density at radius 2 is 1.37 bits per heavy atom.